The molecule has 9 aromatic carbocycles. The molecular weight excluding hydrogens is 857 g/mol. The molecule has 0 saturated carbocycles. The maximum Gasteiger partial charge on any atom is 0.138 e. The topological polar surface area (TPSA) is 50.7 Å². The Morgan fingerprint density at radius 2 is 0.643 bits per heavy atom. The minimum absolute atomic E-state index is 0.840. The first-order chi connectivity index (χ1) is 34.8. The number of fused-ring (bicyclic) bond motifs is 16. The molecule has 0 amide bonds. The lowest BCUT2D eigenvalue weighted by Crippen LogP contribution is -2.03. The molecule has 7 aromatic heterocycles. The number of hydrogen-bond donors (Lipinski definition) is 0. The van der Waals surface area contributed by atoms with E-state index in [1.807, 2.05) is 12.3 Å². The van der Waals surface area contributed by atoms with Gasteiger partial charge in [-0.15, -0.1) is 0 Å². The monoisotopic (exact) mass is 894 g/mol. The van der Waals surface area contributed by atoms with Crippen molar-refractivity contribution in [3.63, 3.8) is 0 Å². The lowest BCUT2D eigenvalue weighted by atomic mass is 10.1. The van der Waals surface area contributed by atoms with Gasteiger partial charge in [0.1, 0.15) is 28.3 Å². The van der Waals surface area contributed by atoms with Crippen LogP contribution in [0.1, 0.15) is 0 Å². The summed E-state index contributed by atoms with van der Waals surface area (Å²) in [6.07, 6.45) is 1.87. The largest absolute Gasteiger partial charge is 0.456 e. The van der Waals surface area contributed by atoms with Gasteiger partial charge in [0, 0.05) is 82.8 Å². The summed E-state index contributed by atoms with van der Waals surface area (Å²) in [4.78, 5) is 4.89. The number of hydrogen-bond acceptors (Lipinski definition) is 2. The molecule has 16 rings (SSSR count). The molecule has 0 atom stereocenters. The third kappa shape index (κ3) is 4.99. The Labute approximate surface area is 399 Å². The number of pyridine rings is 1. The average Bonchev–Trinajstić information content (AvgIpc) is 4.26. The first-order valence-corrected chi connectivity index (χ1v) is 23.8. The van der Waals surface area contributed by atoms with Crippen molar-refractivity contribution < 1.29 is 4.42 Å². The van der Waals surface area contributed by atoms with E-state index in [-0.39, 0.29) is 0 Å². The van der Waals surface area contributed by atoms with E-state index in [0.29, 0.717) is 0 Å². The molecule has 0 spiro atoms. The summed E-state index contributed by atoms with van der Waals surface area (Å²) in [5, 5.41) is 11.8. The molecule has 7 nitrogen and oxygen atoms in total. The fourth-order valence-corrected chi connectivity index (χ4v) is 11.9. The van der Waals surface area contributed by atoms with Crippen LogP contribution in [-0.4, -0.2) is 27.8 Å². The lowest BCUT2D eigenvalue weighted by molar-refractivity contribution is 0.669. The van der Waals surface area contributed by atoms with Gasteiger partial charge in [0.05, 0.1) is 33.1 Å². The highest BCUT2D eigenvalue weighted by atomic mass is 16.3. The second-order valence-electron chi connectivity index (χ2n) is 18.3. The standard InChI is InChI=1S/C63H38N6O/c1-7-24-51-43(18-1)44-19-2-8-25-52(44)65(51)39-16-15-17-40(36-39)66-53-26-9-3-20-45(53)60-46-21-4-10-27-54(46)67(62(60)66)41-31-33-57-49(37-41)50-38-42(32-34-58(50)70-57)68-55-28-11-5-22-47(55)61-48-23-6-12-29-56(48)69(63(61)68)59-30-13-14-35-64-59/h1-38H. The molecule has 0 aliphatic carbocycles. The van der Waals surface area contributed by atoms with Crippen molar-refractivity contribution in [2.45, 2.75) is 0 Å². The second kappa shape index (κ2) is 14.0. The van der Waals surface area contributed by atoms with Gasteiger partial charge in [0.15, 0.2) is 0 Å². The molecule has 0 N–H and O–H groups in total. The van der Waals surface area contributed by atoms with Gasteiger partial charge in [0.25, 0.3) is 0 Å². The van der Waals surface area contributed by atoms with Gasteiger partial charge in [-0.3, -0.25) is 18.3 Å². The van der Waals surface area contributed by atoms with Crippen LogP contribution >= 0.6 is 0 Å². The van der Waals surface area contributed by atoms with E-state index < -0.39 is 0 Å². The predicted molar refractivity (Wildman–Crippen MR) is 288 cm³/mol. The Balaban J connectivity index is 0.946. The molecule has 0 aliphatic rings. The zero-order valence-electron chi connectivity index (χ0n) is 37.5. The normalized spacial score (nSPS) is 12.3. The first-order valence-electron chi connectivity index (χ1n) is 23.8. The van der Waals surface area contributed by atoms with Crippen LogP contribution in [0.3, 0.4) is 0 Å². The van der Waals surface area contributed by atoms with Crippen molar-refractivity contribution >= 4 is 109 Å². The fraction of sp³-hybridized carbons (Fsp3) is 0. The molecule has 70 heavy (non-hydrogen) atoms. The Morgan fingerprint density at radius 1 is 0.271 bits per heavy atom. The molecular formula is C63H38N6O. The number of nitrogens with zero attached hydrogens (tertiary/aromatic N) is 6. The molecule has 0 bridgehead atoms. The molecule has 0 radical (unpaired) electrons. The summed E-state index contributed by atoms with van der Waals surface area (Å²) in [5.74, 6) is 0.873. The van der Waals surface area contributed by atoms with Crippen LogP contribution in [-0.2, 0) is 0 Å². The SMILES string of the molecule is c1ccc(-n2c3ccccc3c3c4ccccc4n(-c4ccc5oc6ccc(-n7c8ccccc8c8c9ccccc9n(-c9cccc(-n%10c%11ccccc%11c%11ccccc%11%10)c9)c87)cc6c5c4)c32)nc1. The molecule has 0 aliphatic heterocycles. The molecule has 0 unspecified atom stereocenters. The lowest BCUT2D eigenvalue weighted by Gasteiger charge is -2.15. The number of benzene rings is 9. The smallest absolute Gasteiger partial charge is 0.138 e. The van der Waals surface area contributed by atoms with Crippen LogP contribution in [0.5, 0.6) is 0 Å². The molecule has 7 heterocycles. The number of rotatable bonds is 5. The summed E-state index contributed by atoms with van der Waals surface area (Å²) in [6, 6.07) is 80.9. The number of aromatic nitrogens is 6. The third-order valence-corrected chi connectivity index (χ3v) is 14.7. The van der Waals surface area contributed by atoms with Crippen molar-refractivity contribution in [3.05, 3.63) is 231 Å². The van der Waals surface area contributed by atoms with Crippen LogP contribution in [0, 0.1) is 0 Å². The summed E-state index contributed by atoms with van der Waals surface area (Å²) >= 11 is 0. The van der Waals surface area contributed by atoms with Crippen molar-refractivity contribution in [3.8, 4) is 28.6 Å². The quantitative estimate of drug-likeness (QED) is 0.173. The Hall–Kier alpha value is -9.59. The zero-order valence-corrected chi connectivity index (χ0v) is 37.5. The number of furan rings is 1. The minimum atomic E-state index is 0.840. The van der Waals surface area contributed by atoms with Gasteiger partial charge in [-0.25, -0.2) is 4.98 Å². The maximum atomic E-state index is 6.70. The van der Waals surface area contributed by atoms with E-state index >= 15 is 0 Å². The molecule has 7 heteroatoms. The van der Waals surface area contributed by atoms with Crippen LogP contribution < -0.4 is 0 Å². The molecule has 326 valence electrons. The highest BCUT2D eigenvalue weighted by Crippen LogP contribution is 2.44. The summed E-state index contributed by atoms with van der Waals surface area (Å²) in [5.41, 5.74) is 15.1. The molecule has 0 fully saturated rings. The Bertz CT molecular complexity index is 4790. The van der Waals surface area contributed by atoms with Crippen molar-refractivity contribution in [2.24, 2.45) is 0 Å². The van der Waals surface area contributed by atoms with E-state index in [1.54, 1.807) is 0 Å². The Kier molecular flexibility index (Phi) is 7.49. The van der Waals surface area contributed by atoms with Crippen LogP contribution in [0.15, 0.2) is 235 Å². The summed E-state index contributed by atoms with van der Waals surface area (Å²) < 4.78 is 18.7. The van der Waals surface area contributed by atoms with Gasteiger partial charge in [-0.2, -0.15) is 0 Å². The average molecular weight is 895 g/mol. The van der Waals surface area contributed by atoms with Crippen LogP contribution in [0.25, 0.3) is 138 Å². The van der Waals surface area contributed by atoms with E-state index in [9.17, 15) is 0 Å². The van der Waals surface area contributed by atoms with Crippen molar-refractivity contribution in [1.29, 1.82) is 0 Å². The van der Waals surface area contributed by atoms with Crippen molar-refractivity contribution in [1.82, 2.24) is 27.8 Å². The second-order valence-corrected chi connectivity index (χ2v) is 18.3. The highest BCUT2D eigenvalue weighted by molar-refractivity contribution is 6.24. The zero-order chi connectivity index (χ0) is 45.6. The van der Waals surface area contributed by atoms with E-state index in [2.05, 4.69) is 241 Å². The van der Waals surface area contributed by atoms with Crippen LogP contribution in [0.2, 0.25) is 0 Å². The van der Waals surface area contributed by atoms with Gasteiger partial charge in [0.2, 0.25) is 0 Å². The third-order valence-electron chi connectivity index (χ3n) is 14.7. The van der Waals surface area contributed by atoms with Gasteiger partial charge >= 0.3 is 0 Å². The van der Waals surface area contributed by atoms with Crippen molar-refractivity contribution in [2.75, 3.05) is 0 Å². The first kappa shape index (κ1) is 37.5. The summed E-state index contributed by atoms with van der Waals surface area (Å²) in [6.45, 7) is 0. The van der Waals surface area contributed by atoms with Gasteiger partial charge < -0.3 is 8.98 Å². The Morgan fingerprint density at radius 3 is 1.10 bits per heavy atom. The van der Waals surface area contributed by atoms with E-state index in [4.69, 9.17) is 9.40 Å². The van der Waals surface area contributed by atoms with Crippen LogP contribution in [0.4, 0.5) is 0 Å². The van der Waals surface area contributed by atoms with Gasteiger partial charge in [-0.1, -0.05) is 121 Å². The number of para-hydroxylation sites is 6. The maximum absolute atomic E-state index is 6.70. The minimum Gasteiger partial charge on any atom is -0.456 e. The molecule has 0 saturated heterocycles. The summed E-state index contributed by atoms with van der Waals surface area (Å²) in [7, 11) is 0. The highest BCUT2D eigenvalue weighted by Gasteiger charge is 2.25. The van der Waals surface area contributed by atoms with E-state index in [0.717, 1.165) is 83.9 Å². The van der Waals surface area contributed by atoms with Gasteiger partial charge in [-0.05, 0) is 103 Å². The fourth-order valence-electron chi connectivity index (χ4n) is 11.9. The van der Waals surface area contributed by atoms with E-state index in [1.165, 1.54) is 54.1 Å². The predicted octanol–water partition coefficient (Wildman–Crippen LogP) is 16.2. The molecule has 16 aromatic rings.